The fourth-order valence-electron chi connectivity index (χ4n) is 1.54. The molecule has 1 saturated heterocycles. The molecule has 1 unspecified atom stereocenters. The van der Waals surface area contributed by atoms with E-state index in [1.54, 1.807) is 7.11 Å². The molecule has 74 valence electrons. The molecule has 1 N–H and O–H groups in total. The lowest BCUT2D eigenvalue weighted by molar-refractivity contribution is 0.123. The molecule has 0 amide bonds. The number of hydrogen-bond acceptors (Lipinski definition) is 2. The van der Waals surface area contributed by atoms with Crippen LogP contribution >= 0.6 is 12.2 Å². The molecule has 0 aromatic heterocycles. The Morgan fingerprint density at radius 3 is 2.79 bits per heavy atom. The normalized spacial score (nSPS) is 21.1. The van der Waals surface area contributed by atoms with Crippen LogP contribution in [0.15, 0.2) is 30.3 Å². The maximum atomic E-state index is 5.32. The fraction of sp³-hybridized carbons (Fsp3) is 0.300. The minimum absolute atomic E-state index is 0.00454. The van der Waals surface area contributed by atoms with E-state index >= 15 is 0 Å². The van der Waals surface area contributed by atoms with Crippen LogP contribution in [0.3, 0.4) is 0 Å². The Kier molecular flexibility index (Phi) is 2.65. The highest BCUT2D eigenvalue weighted by Crippen LogP contribution is 2.20. The minimum Gasteiger partial charge on any atom is -0.359 e. The van der Waals surface area contributed by atoms with Crippen LogP contribution in [0.1, 0.15) is 0 Å². The Morgan fingerprint density at radius 1 is 1.43 bits per heavy atom. The Hall–Kier alpha value is -1.13. The largest absolute Gasteiger partial charge is 0.359 e. The lowest BCUT2D eigenvalue weighted by Gasteiger charge is -2.23. The first-order valence-corrected chi connectivity index (χ1v) is 4.88. The number of hydrogen-bond donors (Lipinski definition) is 1. The summed E-state index contributed by atoms with van der Waals surface area (Å²) in [6, 6.07) is 10.0. The molecule has 0 aliphatic carbocycles. The standard InChI is InChI=1S/C10H12N2OS/c1-13-9-7-11-10(14)12(9)8-5-3-2-4-6-8/h2-6,9H,7H2,1H3,(H,11,14). The molecular weight excluding hydrogens is 196 g/mol. The van der Waals surface area contributed by atoms with Crippen LogP contribution in [0, 0.1) is 0 Å². The summed E-state index contributed by atoms with van der Waals surface area (Å²) in [5, 5.41) is 3.83. The second kappa shape index (κ2) is 3.94. The Morgan fingerprint density at radius 2 is 2.14 bits per heavy atom. The van der Waals surface area contributed by atoms with E-state index in [-0.39, 0.29) is 6.23 Å². The molecule has 0 bridgehead atoms. The molecule has 1 fully saturated rings. The van der Waals surface area contributed by atoms with Crippen molar-refractivity contribution < 1.29 is 4.74 Å². The summed E-state index contributed by atoms with van der Waals surface area (Å²) in [5.74, 6) is 0. The number of anilines is 1. The summed E-state index contributed by atoms with van der Waals surface area (Å²) in [7, 11) is 1.69. The third kappa shape index (κ3) is 1.58. The van der Waals surface area contributed by atoms with Gasteiger partial charge >= 0.3 is 0 Å². The molecule has 3 nitrogen and oxygen atoms in total. The van der Waals surface area contributed by atoms with E-state index in [2.05, 4.69) is 5.32 Å². The van der Waals surface area contributed by atoms with Crippen molar-refractivity contribution in [3.8, 4) is 0 Å². The highest BCUT2D eigenvalue weighted by atomic mass is 32.1. The van der Waals surface area contributed by atoms with E-state index in [4.69, 9.17) is 17.0 Å². The molecule has 4 heteroatoms. The van der Waals surface area contributed by atoms with Crippen molar-refractivity contribution in [1.29, 1.82) is 0 Å². The number of nitrogens with zero attached hydrogens (tertiary/aromatic N) is 1. The van der Waals surface area contributed by atoms with Crippen molar-refractivity contribution in [2.75, 3.05) is 18.6 Å². The average Bonchev–Trinajstić information content (AvgIpc) is 2.61. The number of para-hydroxylation sites is 1. The van der Waals surface area contributed by atoms with E-state index in [0.29, 0.717) is 0 Å². The first kappa shape index (κ1) is 9.43. The van der Waals surface area contributed by atoms with Crippen molar-refractivity contribution in [2.24, 2.45) is 0 Å². The van der Waals surface area contributed by atoms with Gasteiger partial charge in [0.15, 0.2) is 11.3 Å². The minimum atomic E-state index is 0.00454. The van der Waals surface area contributed by atoms with Gasteiger partial charge in [-0.05, 0) is 24.4 Å². The number of methoxy groups -OCH3 is 1. The predicted molar refractivity (Wildman–Crippen MR) is 60.3 cm³/mol. The third-order valence-electron chi connectivity index (χ3n) is 2.24. The van der Waals surface area contributed by atoms with E-state index in [1.165, 1.54) is 0 Å². The van der Waals surface area contributed by atoms with Gasteiger partial charge in [0.2, 0.25) is 0 Å². The Bertz CT molecular complexity index is 328. The zero-order valence-corrected chi connectivity index (χ0v) is 8.75. The second-order valence-electron chi connectivity index (χ2n) is 3.08. The topological polar surface area (TPSA) is 24.5 Å². The van der Waals surface area contributed by atoms with Crippen LogP contribution in [0.4, 0.5) is 5.69 Å². The highest BCUT2D eigenvalue weighted by molar-refractivity contribution is 7.80. The van der Waals surface area contributed by atoms with Gasteiger partial charge in [-0.2, -0.15) is 0 Å². The lowest BCUT2D eigenvalue weighted by atomic mass is 10.3. The monoisotopic (exact) mass is 208 g/mol. The fourth-order valence-corrected chi connectivity index (χ4v) is 1.85. The molecule has 2 rings (SSSR count). The highest BCUT2D eigenvalue weighted by Gasteiger charge is 2.28. The van der Waals surface area contributed by atoms with Gasteiger partial charge in [-0.25, -0.2) is 0 Å². The van der Waals surface area contributed by atoms with Gasteiger partial charge in [0.1, 0.15) is 0 Å². The van der Waals surface area contributed by atoms with E-state index in [9.17, 15) is 0 Å². The van der Waals surface area contributed by atoms with Crippen molar-refractivity contribution in [2.45, 2.75) is 6.23 Å². The lowest BCUT2D eigenvalue weighted by Crippen LogP contribution is -2.34. The van der Waals surface area contributed by atoms with Crippen molar-refractivity contribution in [3.63, 3.8) is 0 Å². The maximum absolute atomic E-state index is 5.32. The molecule has 1 heterocycles. The van der Waals surface area contributed by atoms with Gasteiger partial charge < -0.3 is 10.1 Å². The van der Waals surface area contributed by atoms with Gasteiger partial charge in [-0.1, -0.05) is 18.2 Å². The van der Waals surface area contributed by atoms with E-state index in [1.807, 2.05) is 35.2 Å². The van der Waals surface area contributed by atoms with Gasteiger partial charge in [0.25, 0.3) is 0 Å². The third-order valence-corrected chi connectivity index (χ3v) is 2.58. The summed E-state index contributed by atoms with van der Waals surface area (Å²) in [6.07, 6.45) is 0.00454. The van der Waals surface area contributed by atoms with Crippen LogP contribution in [-0.4, -0.2) is 25.0 Å². The van der Waals surface area contributed by atoms with Gasteiger partial charge in [-0.15, -0.1) is 0 Å². The van der Waals surface area contributed by atoms with Crippen molar-refractivity contribution in [3.05, 3.63) is 30.3 Å². The molecular formula is C10H12N2OS. The number of thiocarbonyl (C=S) groups is 1. The molecule has 1 aromatic rings. The van der Waals surface area contributed by atoms with Gasteiger partial charge in [0.05, 0.1) is 6.54 Å². The zero-order valence-electron chi connectivity index (χ0n) is 7.93. The molecule has 14 heavy (non-hydrogen) atoms. The van der Waals surface area contributed by atoms with Crippen LogP contribution in [0.5, 0.6) is 0 Å². The summed E-state index contributed by atoms with van der Waals surface area (Å²) < 4.78 is 5.32. The SMILES string of the molecule is COC1CNC(=S)N1c1ccccc1. The van der Waals surface area contributed by atoms with Gasteiger partial charge in [0, 0.05) is 12.8 Å². The molecule has 0 saturated carbocycles. The maximum Gasteiger partial charge on any atom is 0.175 e. The smallest absolute Gasteiger partial charge is 0.175 e. The molecule has 1 aliphatic rings. The van der Waals surface area contributed by atoms with Crippen LogP contribution < -0.4 is 10.2 Å². The van der Waals surface area contributed by atoms with Crippen LogP contribution in [0.2, 0.25) is 0 Å². The average molecular weight is 208 g/mol. The van der Waals surface area contributed by atoms with Crippen LogP contribution in [0.25, 0.3) is 0 Å². The quantitative estimate of drug-likeness (QED) is 0.742. The van der Waals surface area contributed by atoms with E-state index < -0.39 is 0 Å². The molecule has 1 aromatic carbocycles. The summed E-state index contributed by atoms with van der Waals surface area (Å²) in [5.41, 5.74) is 1.06. The van der Waals surface area contributed by atoms with Crippen molar-refractivity contribution in [1.82, 2.24) is 5.32 Å². The first-order chi connectivity index (χ1) is 6.83. The number of rotatable bonds is 2. The van der Waals surface area contributed by atoms with Gasteiger partial charge in [-0.3, -0.25) is 4.90 Å². The first-order valence-electron chi connectivity index (χ1n) is 4.48. The Labute approximate surface area is 88.7 Å². The number of benzene rings is 1. The summed E-state index contributed by atoms with van der Waals surface area (Å²) >= 11 is 5.20. The second-order valence-corrected chi connectivity index (χ2v) is 3.47. The van der Waals surface area contributed by atoms with Crippen LogP contribution in [-0.2, 0) is 4.74 Å². The summed E-state index contributed by atoms with van der Waals surface area (Å²) in [6.45, 7) is 0.740. The number of ether oxygens (including phenoxy) is 1. The van der Waals surface area contributed by atoms with E-state index in [0.717, 1.165) is 17.3 Å². The molecule has 0 spiro atoms. The zero-order chi connectivity index (χ0) is 9.97. The summed E-state index contributed by atoms with van der Waals surface area (Å²) in [4.78, 5) is 1.98. The predicted octanol–water partition coefficient (Wildman–Crippen LogP) is 1.35. The van der Waals surface area contributed by atoms with Crippen molar-refractivity contribution >= 4 is 23.0 Å². The molecule has 0 radical (unpaired) electrons. The number of nitrogens with one attached hydrogen (secondary N) is 1. The Balaban J connectivity index is 2.28. The molecule has 1 atom stereocenters. The molecule has 1 aliphatic heterocycles.